The van der Waals surface area contributed by atoms with E-state index in [0.717, 1.165) is 35.5 Å². The van der Waals surface area contributed by atoms with Crippen molar-refractivity contribution in [2.24, 2.45) is 5.92 Å². The fraction of sp³-hybridized carbons (Fsp3) is 0.524. The van der Waals surface area contributed by atoms with E-state index in [0.29, 0.717) is 18.9 Å². The Labute approximate surface area is 167 Å². The molecule has 0 bridgehead atoms. The second-order valence-electron chi connectivity index (χ2n) is 7.59. The van der Waals surface area contributed by atoms with Gasteiger partial charge in [0.05, 0.1) is 18.3 Å². The Morgan fingerprint density at radius 3 is 2.61 bits per heavy atom. The minimum absolute atomic E-state index is 0.151. The van der Waals surface area contributed by atoms with Crippen LogP contribution in [0.15, 0.2) is 24.5 Å². The van der Waals surface area contributed by atoms with E-state index in [1.165, 1.54) is 0 Å². The number of likely N-dealkylation sites (N-methyl/N-ethyl adjacent to an activating group) is 1. The lowest BCUT2D eigenvalue weighted by Crippen LogP contribution is -2.50. The number of nitrogens with zero attached hydrogens (tertiary/aromatic N) is 5. The van der Waals surface area contributed by atoms with Crippen molar-refractivity contribution in [2.75, 3.05) is 32.6 Å². The van der Waals surface area contributed by atoms with Crippen LogP contribution in [-0.2, 0) is 17.8 Å². The molecule has 150 valence electrons. The highest BCUT2D eigenvalue weighted by Gasteiger charge is 2.31. The summed E-state index contributed by atoms with van der Waals surface area (Å²) in [7, 11) is 5.85. The maximum Gasteiger partial charge on any atom is 0.240 e. The van der Waals surface area contributed by atoms with E-state index in [9.17, 15) is 4.79 Å². The Morgan fingerprint density at radius 2 is 2.00 bits per heavy atom. The summed E-state index contributed by atoms with van der Waals surface area (Å²) in [4.78, 5) is 30.8. The molecule has 1 aliphatic rings. The van der Waals surface area contributed by atoms with Gasteiger partial charge in [0.15, 0.2) is 5.82 Å². The molecular weight excluding hydrogens is 352 g/mol. The van der Waals surface area contributed by atoms with Gasteiger partial charge in [-0.2, -0.15) is 0 Å². The first kappa shape index (κ1) is 20.2. The number of hydrogen-bond acceptors (Lipinski definition) is 6. The Bertz CT molecular complexity index is 823. The zero-order chi connectivity index (χ0) is 20.3. The minimum atomic E-state index is -0.165. The van der Waals surface area contributed by atoms with E-state index in [2.05, 4.69) is 24.1 Å². The van der Waals surface area contributed by atoms with Crippen molar-refractivity contribution in [2.45, 2.75) is 39.3 Å². The molecule has 2 atom stereocenters. The van der Waals surface area contributed by atoms with Gasteiger partial charge in [-0.1, -0.05) is 20.3 Å². The summed E-state index contributed by atoms with van der Waals surface area (Å²) in [5, 5.41) is 3.20. The van der Waals surface area contributed by atoms with Crippen LogP contribution in [0, 0.1) is 5.92 Å². The third-order valence-corrected chi connectivity index (χ3v) is 5.51. The molecule has 0 aromatic carbocycles. The summed E-state index contributed by atoms with van der Waals surface area (Å²) in [6.45, 7) is 5.44. The number of anilines is 1. The number of carbonyl (C=O) groups excluding carboxylic acids is 1. The smallest absolute Gasteiger partial charge is 0.240 e. The number of nitrogens with one attached hydrogen (secondary N) is 1. The van der Waals surface area contributed by atoms with Crippen LogP contribution in [0.5, 0.6) is 0 Å². The molecule has 0 unspecified atom stereocenters. The molecule has 2 aromatic heterocycles. The molecule has 0 spiro atoms. The fourth-order valence-electron chi connectivity index (χ4n) is 3.68. The van der Waals surface area contributed by atoms with E-state index in [1.54, 1.807) is 12.4 Å². The SMILES string of the molecule is CC[C@@H](C)[C@H](NC)C(=O)N1CCc2c(nc(-c3ccncc3)nc2N(C)C)C1. The van der Waals surface area contributed by atoms with E-state index >= 15 is 0 Å². The molecule has 1 aliphatic heterocycles. The Kier molecular flexibility index (Phi) is 6.24. The first-order valence-corrected chi connectivity index (χ1v) is 9.89. The summed E-state index contributed by atoms with van der Waals surface area (Å²) in [5.74, 6) is 2.04. The highest BCUT2D eigenvalue weighted by Crippen LogP contribution is 2.29. The van der Waals surface area contributed by atoms with Crippen LogP contribution in [0.4, 0.5) is 5.82 Å². The number of rotatable bonds is 6. The third-order valence-electron chi connectivity index (χ3n) is 5.51. The molecular formula is C21H30N6O. The minimum Gasteiger partial charge on any atom is -0.362 e. The zero-order valence-electron chi connectivity index (χ0n) is 17.4. The quantitative estimate of drug-likeness (QED) is 0.825. The first-order valence-electron chi connectivity index (χ1n) is 9.89. The molecule has 0 fully saturated rings. The zero-order valence-corrected chi connectivity index (χ0v) is 17.4. The monoisotopic (exact) mass is 382 g/mol. The molecule has 0 saturated carbocycles. The summed E-state index contributed by atoms with van der Waals surface area (Å²) < 4.78 is 0. The van der Waals surface area contributed by atoms with Crippen LogP contribution < -0.4 is 10.2 Å². The maximum absolute atomic E-state index is 13.1. The van der Waals surface area contributed by atoms with Crippen molar-refractivity contribution in [3.63, 3.8) is 0 Å². The number of fused-ring (bicyclic) bond motifs is 1. The van der Waals surface area contributed by atoms with Crippen molar-refractivity contribution in [3.8, 4) is 11.4 Å². The van der Waals surface area contributed by atoms with Gasteiger partial charge in [0, 0.05) is 44.2 Å². The number of aromatic nitrogens is 3. The van der Waals surface area contributed by atoms with Gasteiger partial charge in [0.1, 0.15) is 5.82 Å². The van der Waals surface area contributed by atoms with Crippen LogP contribution in [-0.4, -0.2) is 59.5 Å². The largest absolute Gasteiger partial charge is 0.362 e. The van der Waals surface area contributed by atoms with E-state index < -0.39 is 0 Å². The molecule has 2 aromatic rings. The third kappa shape index (κ3) is 3.99. The van der Waals surface area contributed by atoms with Gasteiger partial charge >= 0.3 is 0 Å². The predicted octanol–water partition coefficient (Wildman–Crippen LogP) is 2.12. The first-order chi connectivity index (χ1) is 13.5. The summed E-state index contributed by atoms with van der Waals surface area (Å²) in [6, 6.07) is 3.65. The lowest BCUT2D eigenvalue weighted by atomic mass is 9.96. The van der Waals surface area contributed by atoms with Crippen LogP contribution in [0.1, 0.15) is 31.5 Å². The summed E-state index contributed by atoms with van der Waals surface area (Å²) in [5.41, 5.74) is 3.00. The van der Waals surface area contributed by atoms with Gasteiger partial charge in [-0.15, -0.1) is 0 Å². The van der Waals surface area contributed by atoms with Crippen molar-refractivity contribution >= 4 is 11.7 Å². The summed E-state index contributed by atoms with van der Waals surface area (Å²) in [6.07, 6.45) is 5.21. The predicted molar refractivity (Wildman–Crippen MR) is 111 cm³/mol. The van der Waals surface area contributed by atoms with Crippen molar-refractivity contribution in [1.82, 2.24) is 25.2 Å². The van der Waals surface area contributed by atoms with E-state index in [-0.39, 0.29) is 17.9 Å². The normalized spacial score (nSPS) is 15.7. The van der Waals surface area contributed by atoms with Crippen LogP contribution in [0.25, 0.3) is 11.4 Å². The second kappa shape index (κ2) is 8.65. The topological polar surface area (TPSA) is 74.2 Å². The van der Waals surface area contributed by atoms with Crippen molar-refractivity contribution < 1.29 is 4.79 Å². The Balaban J connectivity index is 1.95. The van der Waals surface area contributed by atoms with Gasteiger partial charge in [-0.25, -0.2) is 9.97 Å². The Hall–Kier alpha value is -2.54. The van der Waals surface area contributed by atoms with Crippen molar-refractivity contribution in [1.29, 1.82) is 0 Å². The highest BCUT2D eigenvalue weighted by atomic mass is 16.2. The molecule has 0 aliphatic carbocycles. The van der Waals surface area contributed by atoms with E-state index in [4.69, 9.17) is 9.97 Å². The van der Waals surface area contributed by atoms with Crippen LogP contribution >= 0.6 is 0 Å². The van der Waals surface area contributed by atoms with Gasteiger partial charge in [0.2, 0.25) is 5.91 Å². The molecule has 7 heteroatoms. The average molecular weight is 383 g/mol. The second-order valence-corrected chi connectivity index (χ2v) is 7.59. The van der Waals surface area contributed by atoms with Gasteiger partial charge in [-0.3, -0.25) is 9.78 Å². The van der Waals surface area contributed by atoms with E-state index in [1.807, 2.05) is 43.1 Å². The lowest BCUT2D eigenvalue weighted by Gasteiger charge is -2.34. The van der Waals surface area contributed by atoms with Crippen LogP contribution in [0.3, 0.4) is 0 Å². The molecule has 0 radical (unpaired) electrons. The van der Waals surface area contributed by atoms with Gasteiger partial charge < -0.3 is 15.1 Å². The van der Waals surface area contributed by atoms with Crippen molar-refractivity contribution in [3.05, 3.63) is 35.8 Å². The lowest BCUT2D eigenvalue weighted by molar-refractivity contribution is -0.135. The maximum atomic E-state index is 13.1. The molecule has 7 nitrogen and oxygen atoms in total. The summed E-state index contributed by atoms with van der Waals surface area (Å²) >= 11 is 0. The molecule has 3 heterocycles. The average Bonchev–Trinajstić information content (AvgIpc) is 2.73. The Morgan fingerprint density at radius 1 is 1.29 bits per heavy atom. The number of amides is 1. The molecule has 3 rings (SSSR count). The van der Waals surface area contributed by atoms with Gasteiger partial charge in [0.25, 0.3) is 0 Å². The molecule has 28 heavy (non-hydrogen) atoms. The standard InChI is InChI=1S/C21H30N6O/c1-6-14(2)18(22-3)21(28)27-12-9-16-17(13-27)24-19(25-20(16)26(4)5)15-7-10-23-11-8-15/h7-8,10-11,14,18,22H,6,9,12-13H2,1-5H3/t14-,18+/m1/s1. The fourth-order valence-corrected chi connectivity index (χ4v) is 3.68. The highest BCUT2D eigenvalue weighted by molar-refractivity contribution is 5.82. The molecule has 0 saturated heterocycles. The number of carbonyl (C=O) groups is 1. The van der Waals surface area contributed by atoms with Crippen LogP contribution in [0.2, 0.25) is 0 Å². The number of pyridine rings is 1. The number of hydrogen-bond donors (Lipinski definition) is 1. The molecule has 1 amide bonds. The molecule has 1 N–H and O–H groups in total. The van der Waals surface area contributed by atoms with Gasteiger partial charge in [-0.05, 0) is 31.5 Å².